The van der Waals surface area contributed by atoms with Crippen molar-refractivity contribution in [1.29, 1.82) is 0 Å². The zero-order valence-corrected chi connectivity index (χ0v) is 81.8. The van der Waals surface area contributed by atoms with E-state index < -0.39 is 29.8 Å². The van der Waals surface area contributed by atoms with Crippen molar-refractivity contribution in [3.05, 3.63) is 63.3 Å². The molecular weight excluding hydrogens is 1800 g/mol. The first-order valence-corrected chi connectivity index (χ1v) is 45.3. The molecule has 0 aromatic heterocycles. The van der Waals surface area contributed by atoms with E-state index in [1.54, 1.807) is 35.5 Å². The van der Waals surface area contributed by atoms with Crippen molar-refractivity contribution < 1.29 is 213 Å². The lowest BCUT2D eigenvalue weighted by Gasteiger charge is -2.08. The van der Waals surface area contributed by atoms with Crippen LogP contribution >= 0.6 is 0 Å². The average Bonchev–Trinajstić information content (AvgIpc) is 1.08. The van der Waals surface area contributed by atoms with Crippen LogP contribution < -0.4 is 0 Å². The summed E-state index contributed by atoms with van der Waals surface area (Å²) < 4.78 is 208. The summed E-state index contributed by atoms with van der Waals surface area (Å²) in [7, 11) is 8.19. The van der Waals surface area contributed by atoms with Gasteiger partial charge in [0.15, 0.2) is 0 Å². The van der Waals surface area contributed by atoms with Gasteiger partial charge in [0, 0.05) is 65.9 Å². The Morgan fingerprint density at radius 3 is 0.237 bits per heavy atom. The Kier molecular flexibility index (Phi) is 138. The first-order valence-electron chi connectivity index (χ1n) is 45.3. The Hall–Kier alpha value is -5.35. The maximum atomic E-state index is 10.8. The highest BCUT2D eigenvalue weighted by Crippen LogP contribution is 1.95. The van der Waals surface area contributed by atoms with E-state index in [9.17, 15) is 24.0 Å². The van der Waals surface area contributed by atoms with Gasteiger partial charge in [-0.1, -0.05) is 32.9 Å². The van der Waals surface area contributed by atoms with Crippen molar-refractivity contribution >= 4 is 29.8 Å². The molecule has 0 aromatic rings. The Balaban J connectivity index is -0.000000526. The zero-order chi connectivity index (χ0) is 99.2. The lowest BCUT2D eigenvalue weighted by molar-refractivity contribution is -0.140. The molecule has 0 amide bonds. The number of carbonyl (C=O) groups excluding carboxylic acids is 5. The van der Waals surface area contributed by atoms with Crippen LogP contribution in [0.1, 0.15) is 0 Å². The largest absolute Gasteiger partial charge is 0.460 e. The normalized spacial score (nSPS) is 10.9. The van der Waals surface area contributed by atoms with E-state index in [1.165, 1.54) is 0 Å². The van der Waals surface area contributed by atoms with Crippen LogP contribution in [0.2, 0.25) is 0 Å². The predicted molar refractivity (Wildman–Crippen MR) is 490 cm³/mol. The second-order valence-corrected chi connectivity index (χ2v) is 25.2. The number of hydrogen-bond acceptors (Lipinski definition) is 45. The van der Waals surface area contributed by atoms with Crippen LogP contribution in [-0.4, -0.2) is 528 Å². The molecule has 135 heavy (non-hydrogen) atoms. The van der Waals surface area contributed by atoms with Crippen molar-refractivity contribution in [1.82, 2.24) is 0 Å². The molecule has 0 saturated heterocycles. The third-order valence-corrected chi connectivity index (χ3v) is 14.7. The summed E-state index contributed by atoms with van der Waals surface area (Å²) in [5.41, 5.74) is 0. The summed E-state index contributed by atoms with van der Waals surface area (Å²) in [6, 6.07) is 0. The number of carbonyl (C=O) groups is 5. The van der Waals surface area contributed by atoms with Gasteiger partial charge in [-0.2, -0.15) is 0 Å². The summed E-state index contributed by atoms with van der Waals surface area (Å²) in [6.45, 7) is 50.4. The molecule has 45 heteroatoms. The van der Waals surface area contributed by atoms with Crippen LogP contribution in [0.3, 0.4) is 0 Å². The van der Waals surface area contributed by atoms with Gasteiger partial charge in [0.25, 0.3) is 0 Å². The van der Waals surface area contributed by atoms with Crippen molar-refractivity contribution in [2.75, 3.05) is 498 Å². The Labute approximate surface area is 801 Å². The van der Waals surface area contributed by atoms with Crippen molar-refractivity contribution in [3.63, 3.8) is 0 Å². The molecule has 0 heterocycles. The molecule has 0 rings (SSSR count). The highest BCUT2D eigenvalue weighted by atomic mass is 16.6. The third-order valence-electron chi connectivity index (χ3n) is 14.7. The fourth-order valence-electron chi connectivity index (χ4n) is 8.02. The van der Waals surface area contributed by atoms with Gasteiger partial charge in [-0.25, -0.2) is 24.0 Å². The SMILES string of the molecule is C=CC(=O)OCCOCCOCCOCCOCCOC.C=CC(=O)OCCOCCOCCOCCOCCOCCOC.C=CC(=O)OCCOCCOCCOCCOCCOCCOCCOC.C=CC(=O)OCCOCCOCCOCCOCCOCCOCCOCCOC.C=CC(=O)OCCOCCOCCOCCOCCOCCOCCOCCOCCOC. The van der Waals surface area contributed by atoms with Crippen LogP contribution in [0, 0.1) is 0 Å². The molecule has 0 radical (unpaired) electrons. The molecule has 0 aliphatic carbocycles. The van der Waals surface area contributed by atoms with Crippen LogP contribution in [0.4, 0.5) is 0 Å². The smallest absolute Gasteiger partial charge is 0.330 e. The van der Waals surface area contributed by atoms with Crippen LogP contribution in [-0.2, 0) is 213 Å². The van der Waals surface area contributed by atoms with E-state index in [4.69, 9.17) is 189 Å². The Bertz CT molecular complexity index is 2350. The highest BCUT2D eigenvalue weighted by molar-refractivity contribution is 5.82. The van der Waals surface area contributed by atoms with Crippen LogP contribution in [0.25, 0.3) is 0 Å². The van der Waals surface area contributed by atoms with Crippen LogP contribution in [0.5, 0.6) is 0 Å². The van der Waals surface area contributed by atoms with E-state index in [1.807, 2.05) is 0 Å². The summed E-state index contributed by atoms with van der Waals surface area (Å²) in [5, 5.41) is 0. The van der Waals surface area contributed by atoms with Gasteiger partial charge in [-0.15, -0.1) is 0 Å². The van der Waals surface area contributed by atoms with Gasteiger partial charge in [0.05, 0.1) is 429 Å². The summed E-state index contributed by atoms with van der Waals surface area (Å²) in [5.74, 6) is -2.26. The van der Waals surface area contributed by atoms with Crippen LogP contribution in [0.15, 0.2) is 63.3 Å². The molecule has 0 aliphatic rings. The van der Waals surface area contributed by atoms with Gasteiger partial charge in [-0.05, 0) is 0 Å². The standard InChI is InChI=1S/C22H42O11.C20H38O10.C18H34O9.C16H30O8.C14H26O7/c1-3-22(23)33-21-20-32-19-18-31-17-16-30-15-14-29-13-12-28-11-10-27-9-8-26-7-6-25-5-4-24-2;1-3-20(21)30-19-18-29-17-16-28-15-14-27-13-12-26-11-10-25-9-8-24-7-6-23-5-4-22-2;1-3-18(19)27-17-16-26-15-14-25-13-12-24-11-10-23-9-8-22-7-6-21-5-4-20-2;1-3-16(17)24-15-14-23-13-12-22-11-10-21-9-8-20-7-6-19-5-4-18-2;1-3-14(15)21-13-12-20-11-10-19-9-8-18-7-6-17-5-4-16-2/h3H,1,4-21H2,2H3;3H,1,4-19H2,2H3;3H,1,4-17H2,2H3;3H,1,4-15H2,2H3;3H,1,4-13H2,2H3. The summed E-state index contributed by atoms with van der Waals surface area (Å²) >= 11 is 0. The Morgan fingerprint density at radius 1 is 0.119 bits per heavy atom. The minimum absolute atomic E-state index is 0.204. The molecule has 0 fully saturated rings. The molecule has 0 aromatic carbocycles. The molecular formula is C90H170O45. The van der Waals surface area contributed by atoms with E-state index >= 15 is 0 Å². The molecule has 800 valence electrons. The van der Waals surface area contributed by atoms with E-state index in [0.29, 0.717) is 429 Å². The average molecular weight is 1970 g/mol. The molecule has 0 aliphatic heterocycles. The van der Waals surface area contributed by atoms with Crippen molar-refractivity contribution in [3.8, 4) is 0 Å². The summed E-state index contributed by atoms with van der Waals surface area (Å²) in [6.07, 6.45) is 5.58. The number of esters is 5. The number of methoxy groups -OCH3 is 5. The summed E-state index contributed by atoms with van der Waals surface area (Å²) in [4.78, 5) is 53.7. The van der Waals surface area contributed by atoms with Gasteiger partial charge < -0.3 is 189 Å². The Morgan fingerprint density at radius 2 is 0.178 bits per heavy atom. The van der Waals surface area contributed by atoms with E-state index in [-0.39, 0.29) is 33.0 Å². The molecule has 0 atom stereocenters. The quantitative estimate of drug-likeness (QED) is 0.0365. The fraction of sp³-hybridized carbons (Fsp3) is 0.833. The van der Waals surface area contributed by atoms with Crippen molar-refractivity contribution in [2.45, 2.75) is 0 Å². The van der Waals surface area contributed by atoms with E-state index in [2.05, 4.69) is 32.9 Å². The second-order valence-electron chi connectivity index (χ2n) is 25.2. The maximum absolute atomic E-state index is 10.8. The minimum atomic E-state index is -0.456. The van der Waals surface area contributed by atoms with Gasteiger partial charge in [0.2, 0.25) is 0 Å². The molecule has 0 bridgehead atoms. The number of ether oxygens (including phenoxy) is 40. The molecule has 0 N–H and O–H groups in total. The van der Waals surface area contributed by atoms with Gasteiger partial charge >= 0.3 is 29.8 Å². The number of rotatable bonds is 110. The maximum Gasteiger partial charge on any atom is 0.330 e. The zero-order valence-electron chi connectivity index (χ0n) is 81.8. The lowest BCUT2D eigenvalue weighted by atomic mass is 10.6. The first kappa shape index (κ1) is 138. The minimum Gasteiger partial charge on any atom is -0.460 e. The third kappa shape index (κ3) is 144. The number of hydrogen-bond donors (Lipinski definition) is 0. The van der Waals surface area contributed by atoms with Gasteiger partial charge in [0.1, 0.15) is 33.0 Å². The molecule has 0 spiro atoms. The highest BCUT2D eigenvalue weighted by Gasteiger charge is 2.05. The molecule has 0 unspecified atom stereocenters. The molecule has 45 nitrogen and oxygen atoms in total. The topological polar surface area (TPSA) is 455 Å². The predicted octanol–water partition coefficient (Wildman–Crippen LogP) is 2.31. The molecule has 0 saturated carbocycles. The van der Waals surface area contributed by atoms with E-state index in [0.717, 1.165) is 30.4 Å². The van der Waals surface area contributed by atoms with Crippen molar-refractivity contribution in [2.24, 2.45) is 0 Å². The fourth-order valence-corrected chi connectivity index (χ4v) is 8.02. The van der Waals surface area contributed by atoms with Gasteiger partial charge in [-0.3, -0.25) is 0 Å². The lowest BCUT2D eigenvalue weighted by Crippen LogP contribution is -2.15. The monoisotopic (exact) mass is 1970 g/mol. The second kappa shape index (κ2) is 135. The first-order chi connectivity index (χ1) is 66.5.